The summed E-state index contributed by atoms with van der Waals surface area (Å²) in [5.41, 5.74) is 1.05. The molecule has 1 aliphatic rings. The van der Waals surface area contributed by atoms with Crippen LogP contribution in [0.4, 0.5) is 5.13 Å². The Balaban J connectivity index is 2.00. The molecule has 0 aliphatic carbocycles. The zero-order chi connectivity index (χ0) is 11.0. The molecule has 1 aliphatic heterocycles. The van der Waals surface area contributed by atoms with Gasteiger partial charge in [0.2, 0.25) is 5.13 Å². The first kappa shape index (κ1) is 9.78. The minimum atomic E-state index is 0.880. The van der Waals surface area contributed by atoms with Crippen LogP contribution in [0, 0.1) is 0 Å². The van der Waals surface area contributed by atoms with Crippen LogP contribution in [-0.4, -0.2) is 29.3 Å². The molecule has 1 aromatic carbocycles. The molecule has 0 unspecified atom stereocenters. The molecule has 1 saturated heterocycles. The third-order valence-electron chi connectivity index (χ3n) is 2.84. The molecule has 1 aromatic heterocycles. The van der Waals surface area contributed by atoms with Crippen LogP contribution in [0.15, 0.2) is 29.3 Å². The van der Waals surface area contributed by atoms with Crippen LogP contribution >= 0.6 is 11.3 Å². The second-order valence-corrected chi connectivity index (χ2v) is 5.03. The van der Waals surface area contributed by atoms with Crippen molar-refractivity contribution in [2.75, 3.05) is 13.6 Å². The molecule has 3 rings (SSSR count). The molecule has 2 aromatic rings. The van der Waals surface area contributed by atoms with E-state index in [-0.39, 0.29) is 0 Å². The second kappa shape index (κ2) is 3.87. The van der Waals surface area contributed by atoms with Gasteiger partial charge in [-0.15, -0.1) is 0 Å². The molecule has 82 valence electrons. The smallest absolute Gasteiger partial charge is 0.211 e. The number of hydrogen-bond acceptors (Lipinski definition) is 3. The summed E-state index contributed by atoms with van der Waals surface area (Å²) in [6, 6.07) is 8.18. The number of hydrogen-bond donors (Lipinski definition) is 0. The van der Waals surface area contributed by atoms with Gasteiger partial charge >= 0.3 is 0 Å². The van der Waals surface area contributed by atoms with Gasteiger partial charge in [-0.05, 0) is 18.6 Å². The molecule has 0 radical (unpaired) electrons. The van der Waals surface area contributed by atoms with Gasteiger partial charge in [-0.25, -0.2) is 9.98 Å². The van der Waals surface area contributed by atoms with E-state index in [2.05, 4.69) is 28.0 Å². The van der Waals surface area contributed by atoms with E-state index in [1.165, 1.54) is 17.0 Å². The Bertz CT molecular complexity index is 511. The first-order valence-corrected chi connectivity index (χ1v) is 6.29. The number of para-hydroxylation sites is 1. The molecule has 0 N–H and O–H groups in total. The Morgan fingerprint density at radius 1 is 1.38 bits per heavy atom. The van der Waals surface area contributed by atoms with E-state index in [4.69, 9.17) is 0 Å². The maximum Gasteiger partial charge on any atom is 0.211 e. The fourth-order valence-electron chi connectivity index (χ4n) is 1.95. The number of benzene rings is 1. The maximum absolute atomic E-state index is 4.63. The highest BCUT2D eigenvalue weighted by Gasteiger charge is 2.14. The number of likely N-dealkylation sites (tertiary alicyclic amines) is 1. The topological polar surface area (TPSA) is 28.5 Å². The van der Waals surface area contributed by atoms with Gasteiger partial charge in [0.1, 0.15) is 5.84 Å². The molecule has 2 heterocycles. The molecule has 1 fully saturated rings. The number of aromatic nitrogens is 1. The van der Waals surface area contributed by atoms with Gasteiger partial charge in [0.05, 0.1) is 10.2 Å². The molecule has 0 spiro atoms. The van der Waals surface area contributed by atoms with Gasteiger partial charge in [-0.1, -0.05) is 23.5 Å². The largest absolute Gasteiger partial charge is 0.363 e. The predicted octanol–water partition coefficient (Wildman–Crippen LogP) is 3.05. The van der Waals surface area contributed by atoms with Crippen molar-refractivity contribution in [2.24, 2.45) is 4.99 Å². The molecule has 0 saturated carbocycles. The molecule has 16 heavy (non-hydrogen) atoms. The van der Waals surface area contributed by atoms with Crippen molar-refractivity contribution in [1.29, 1.82) is 0 Å². The Morgan fingerprint density at radius 2 is 2.25 bits per heavy atom. The number of fused-ring (bicyclic) bond motifs is 1. The van der Waals surface area contributed by atoms with Gasteiger partial charge in [0.25, 0.3) is 0 Å². The molecule has 0 bridgehead atoms. The normalized spacial score (nSPS) is 18.8. The fourth-order valence-corrected chi connectivity index (χ4v) is 2.81. The van der Waals surface area contributed by atoms with Gasteiger partial charge in [-0.2, -0.15) is 0 Å². The van der Waals surface area contributed by atoms with Crippen molar-refractivity contribution >= 4 is 32.5 Å². The van der Waals surface area contributed by atoms with E-state index in [1.54, 1.807) is 11.3 Å². The van der Waals surface area contributed by atoms with E-state index >= 15 is 0 Å². The van der Waals surface area contributed by atoms with Gasteiger partial charge in [-0.3, -0.25) is 0 Å². The number of thiazole rings is 1. The van der Waals surface area contributed by atoms with Gasteiger partial charge in [0, 0.05) is 20.0 Å². The minimum Gasteiger partial charge on any atom is -0.363 e. The predicted molar refractivity (Wildman–Crippen MR) is 68.6 cm³/mol. The standard InChI is InChI=1S/C12H13N3S/c1-15-8-4-7-11(15)14-12-13-9-5-2-3-6-10(9)16-12/h2-3,5-6H,4,7-8H2,1H3/b14-11+. The number of nitrogens with zero attached hydrogens (tertiary/aromatic N) is 3. The summed E-state index contributed by atoms with van der Waals surface area (Å²) in [6.07, 6.45) is 2.28. The quantitative estimate of drug-likeness (QED) is 0.754. The van der Waals surface area contributed by atoms with Crippen LogP contribution in [0.1, 0.15) is 12.8 Å². The number of aliphatic imine (C=N–C) groups is 1. The Kier molecular flexibility index (Phi) is 2.36. The first-order chi connectivity index (χ1) is 7.83. The zero-order valence-electron chi connectivity index (χ0n) is 9.18. The fraction of sp³-hybridized carbons (Fsp3) is 0.333. The van der Waals surface area contributed by atoms with Crippen molar-refractivity contribution in [3.8, 4) is 0 Å². The summed E-state index contributed by atoms with van der Waals surface area (Å²) in [5, 5.41) is 0.880. The Hall–Kier alpha value is -1.42. The summed E-state index contributed by atoms with van der Waals surface area (Å²) >= 11 is 1.66. The number of rotatable bonds is 1. The van der Waals surface area contributed by atoms with Crippen LogP contribution in [0.3, 0.4) is 0 Å². The van der Waals surface area contributed by atoms with Crippen LogP contribution < -0.4 is 0 Å². The van der Waals surface area contributed by atoms with E-state index < -0.39 is 0 Å². The summed E-state index contributed by atoms with van der Waals surface area (Å²) in [4.78, 5) is 11.4. The third-order valence-corrected chi connectivity index (χ3v) is 3.77. The summed E-state index contributed by atoms with van der Waals surface area (Å²) < 4.78 is 1.21. The first-order valence-electron chi connectivity index (χ1n) is 5.47. The molecule has 0 atom stereocenters. The highest BCUT2D eigenvalue weighted by molar-refractivity contribution is 7.22. The zero-order valence-corrected chi connectivity index (χ0v) is 10.00. The van der Waals surface area contributed by atoms with Crippen LogP contribution in [0.5, 0.6) is 0 Å². The summed E-state index contributed by atoms with van der Waals surface area (Å²) in [7, 11) is 2.10. The lowest BCUT2D eigenvalue weighted by Crippen LogP contribution is -2.18. The average molecular weight is 231 g/mol. The van der Waals surface area contributed by atoms with E-state index in [0.717, 1.165) is 23.6 Å². The monoisotopic (exact) mass is 231 g/mol. The maximum atomic E-state index is 4.63. The Labute approximate surface area is 98.4 Å². The number of amidine groups is 1. The summed E-state index contributed by atoms with van der Waals surface area (Å²) in [5.74, 6) is 1.17. The van der Waals surface area contributed by atoms with Crippen LogP contribution in [0.2, 0.25) is 0 Å². The highest BCUT2D eigenvalue weighted by atomic mass is 32.1. The van der Waals surface area contributed by atoms with Crippen molar-refractivity contribution in [1.82, 2.24) is 9.88 Å². The van der Waals surface area contributed by atoms with Crippen molar-refractivity contribution in [2.45, 2.75) is 12.8 Å². The highest BCUT2D eigenvalue weighted by Crippen LogP contribution is 2.28. The lowest BCUT2D eigenvalue weighted by Gasteiger charge is -2.09. The Morgan fingerprint density at radius 3 is 3.00 bits per heavy atom. The molecular formula is C12H13N3S. The van der Waals surface area contributed by atoms with E-state index in [9.17, 15) is 0 Å². The third kappa shape index (κ3) is 1.69. The second-order valence-electron chi connectivity index (χ2n) is 4.02. The molecule has 4 heteroatoms. The van der Waals surface area contributed by atoms with Crippen LogP contribution in [-0.2, 0) is 0 Å². The molecular weight excluding hydrogens is 218 g/mol. The van der Waals surface area contributed by atoms with Crippen molar-refractivity contribution in [3.63, 3.8) is 0 Å². The van der Waals surface area contributed by atoms with E-state index in [1.807, 2.05) is 18.2 Å². The molecule has 3 nitrogen and oxygen atoms in total. The minimum absolute atomic E-state index is 0.880. The van der Waals surface area contributed by atoms with Gasteiger partial charge in [0.15, 0.2) is 0 Å². The lowest BCUT2D eigenvalue weighted by atomic mass is 10.3. The van der Waals surface area contributed by atoms with E-state index in [0.29, 0.717) is 0 Å². The SMILES string of the molecule is CN1CCC/C1=N\c1nc2ccccc2s1. The van der Waals surface area contributed by atoms with Crippen molar-refractivity contribution in [3.05, 3.63) is 24.3 Å². The van der Waals surface area contributed by atoms with Gasteiger partial charge < -0.3 is 4.90 Å². The molecule has 0 amide bonds. The van der Waals surface area contributed by atoms with Crippen molar-refractivity contribution < 1.29 is 0 Å². The summed E-state index contributed by atoms with van der Waals surface area (Å²) in [6.45, 7) is 1.11. The average Bonchev–Trinajstić information content (AvgIpc) is 2.85. The van der Waals surface area contributed by atoms with Crippen LogP contribution in [0.25, 0.3) is 10.2 Å². The lowest BCUT2D eigenvalue weighted by molar-refractivity contribution is 0.550.